The average molecular weight is 392 g/mol. The van der Waals surface area contributed by atoms with Crippen LogP contribution in [0.5, 0.6) is 23.0 Å². The highest BCUT2D eigenvalue weighted by Crippen LogP contribution is 2.43. The lowest BCUT2D eigenvalue weighted by molar-refractivity contribution is -0.135. The zero-order valence-corrected chi connectivity index (χ0v) is 16.6. The van der Waals surface area contributed by atoms with E-state index in [1.807, 2.05) is 56.3 Å². The molecule has 0 atom stereocenters. The molecule has 150 valence electrons. The molecule has 29 heavy (non-hydrogen) atoms. The lowest BCUT2D eigenvalue weighted by atomic mass is 10.1. The van der Waals surface area contributed by atoms with Gasteiger partial charge in [0.25, 0.3) is 0 Å². The predicted octanol–water partition coefficient (Wildman–Crippen LogP) is 6.04. The first-order chi connectivity index (χ1) is 14.1. The molecule has 0 heterocycles. The molecule has 0 aliphatic heterocycles. The van der Waals surface area contributed by atoms with E-state index in [0.717, 1.165) is 0 Å². The van der Waals surface area contributed by atoms with Gasteiger partial charge in [0.15, 0.2) is 11.5 Å². The first-order valence-corrected chi connectivity index (χ1v) is 9.82. The van der Waals surface area contributed by atoms with Crippen LogP contribution in [0.4, 0.5) is 0 Å². The quantitative estimate of drug-likeness (QED) is 0.345. The van der Waals surface area contributed by atoms with Crippen LogP contribution in [0.1, 0.15) is 39.5 Å². The molecule has 0 fully saturated rings. The fourth-order valence-corrected chi connectivity index (χ4v) is 2.92. The van der Waals surface area contributed by atoms with E-state index in [4.69, 9.17) is 14.2 Å². The van der Waals surface area contributed by atoms with Crippen LogP contribution in [0.15, 0.2) is 60.7 Å². The summed E-state index contributed by atoms with van der Waals surface area (Å²) in [5.74, 6) is 0.934. The van der Waals surface area contributed by atoms with Gasteiger partial charge in [-0.1, -0.05) is 56.3 Å². The van der Waals surface area contributed by atoms with Crippen molar-refractivity contribution in [2.45, 2.75) is 39.5 Å². The summed E-state index contributed by atoms with van der Waals surface area (Å²) >= 11 is 0. The summed E-state index contributed by atoms with van der Waals surface area (Å²) in [7, 11) is 0. The van der Waals surface area contributed by atoms with Gasteiger partial charge >= 0.3 is 11.9 Å². The molecule has 5 heteroatoms. The Balaban J connectivity index is 2.12. The molecule has 0 aliphatic carbocycles. The van der Waals surface area contributed by atoms with E-state index in [9.17, 15) is 9.59 Å². The molecule has 0 N–H and O–H groups in total. The summed E-state index contributed by atoms with van der Waals surface area (Å²) in [6.45, 7) is 3.83. The first-order valence-electron chi connectivity index (χ1n) is 9.82. The molecule has 0 saturated carbocycles. The van der Waals surface area contributed by atoms with E-state index in [1.54, 1.807) is 18.2 Å². The van der Waals surface area contributed by atoms with Crippen LogP contribution >= 0.6 is 0 Å². The smallest absolute Gasteiger partial charge is 0.311 e. The van der Waals surface area contributed by atoms with E-state index < -0.39 is 0 Å². The summed E-state index contributed by atoms with van der Waals surface area (Å²) in [5.41, 5.74) is 0. The molecule has 0 unspecified atom stereocenters. The van der Waals surface area contributed by atoms with Gasteiger partial charge in [0.1, 0.15) is 11.5 Å². The van der Waals surface area contributed by atoms with Crippen molar-refractivity contribution in [2.24, 2.45) is 0 Å². The summed E-state index contributed by atoms with van der Waals surface area (Å²) < 4.78 is 17.3. The second-order valence-corrected chi connectivity index (χ2v) is 6.61. The zero-order chi connectivity index (χ0) is 20.6. The number of para-hydroxylation sites is 1. The largest absolute Gasteiger partial charge is 0.453 e. The van der Waals surface area contributed by atoms with Crippen molar-refractivity contribution in [1.82, 2.24) is 0 Å². The van der Waals surface area contributed by atoms with E-state index >= 15 is 0 Å². The third-order valence-electron chi connectivity index (χ3n) is 4.24. The highest BCUT2D eigenvalue weighted by Gasteiger charge is 2.20. The molecular formula is C24H24O5. The summed E-state index contributed by atoms with van der Waals surface area (Å²) in [4.78, 5) is 24.4. The summed E-state index contributed by atoms with van der Waals surface area (Å²) in [6.07, 6.45) is 1.98. The highest BCUT2D eigenvalue weighted by molar-refractivity contribution is 5.98. The van der Waals surface area contributed by atoms with E-state index in [1.165, 1.54) is 0 Å². The third kappa shape index (κ3) is 5.13. The van der Waals surface area contributed by atoms with Crippen molar-refractivity contribution in [3.63, 3.8) is 0 Å². The summed E-state index contributed by atoms with van der Waals surface area (Å²) in [6, 6.07) is 18.1. The lowest BCUT2D eigenvalue weighted by Gasteiger charge is -2.17. The minimum absolute atomic E-state index is 0.298. The topological polar surface area (TPSA) is 61.8 Å². The molecule has 0 aliphatic rings. The van der Waals surface area contributed by atoms with Crippen LogP contribution in [0, 0.1) is 0 Å². The molecule has 0 bridgehead atoms. The number of rotatable bonds is 8. The van der Waals surface area contributed by atoms with Gasteiger partial charge in [-0.25, -0.2) is 0 Å². The van der Waals surface area contributed by atoms with Crippen LogP contribution in [0.3, 0.4) is 0 Å². The Morgan fingerprint density at radius 3 is 1.97 bits per heavy atom. The fourth-order valence-electron chi connectivity index (χ4n) is 2.92. The van der Waals surface area contributed by atoms with Crippen LogP contribution in [-0.2, 0) is 9.59 Å². The fraction of sp³-hybridized carbons (Fsp3) is 0.250. The Bertz CT molecular complexity index is 995. The number of hydrogen-bond donors (Lipinski definition) is 0. The van der Waals surface area contributed by atoms with E-state index in [-0.39, 0.29) is 11.9 Å². The number of ether oxygens (including phenoxy) is 3. The average Bonchev–Trinajstić information content (AvgIpc) is 2.72. The van der Waals surface area contributed by atoms with Gasteiger partial charge in [-0.2, -0.15) is 0 Å². The number of esters is 2. The number of carbonyl (C=O) groups excluding carboxylic acids is 2. The van der Waals surface area contributed by atoms with E-state index in [2.05, 4.69) is 0 Å². The molecule has 0 spiro atoms. The van der Waals surface area contributed by atoms with Crippen molar-refractivity contribution in [2.75, 3.05) is 0 Å². The Morgan fingerprint density at radius 1 is 0.724 bits per heavy atom. The number of carbonyl (C=O) groups is 2. The lowest BCUT2D eigenvalue weighted by Crippen LogP contribution is -2.10. The van der Waals surface area contributed by atoms with Gasteiger partial charge < -0.3 is 14.2 Å². The zero-order valence-electron chi connectivity index (χ0n) is 16.6. The highest BCUT2D eigenvalue weighted by atomic mass is 16.6. The van der Waals surface area contributed by atoms with Crippen molar-refractivity contribution in [3.05, 3.63) is 60.7 Å². The number of fused-ring (bicyclic) bond motifs is 1. The van der Waals surface area contributed by atoms with Gasteiger partial charge in [-0.05, 0) is 25.0 Å². The van der Waals surface area contributed by atoms with Crippen LogP contribution in [0.2, 0.25) is 0 Å². The molecular weight excluding hydrogens is 368 g/mol. The maximum absolute atomic E-state index is 12.2. The predicted molar refractivity (Wildman–Crippen MR) is 112 cm³/mol. The standard InChI is InChI=1S/C24H24O5/c1-3-10-22(25)28-20-16-21(27-17-12-6-5-7-13-17)24(29-23(26)11-4-2)19-15-9-8-14-18(19)20/h5-9,12-16H,3-4,10-11H2,1-2H3. The molecule has 0 amide bonds. The van der Waals surface area contributed by atoms with Crippen molar-refractivity contribution < 1.29 is 23.8 Å². The Labute approximate surface area is 170 Å². The summed E-state index contributed by atoms with van der Waals surface area (Å²) in [5, 5.41) is 1.32. The normalized spacial score (nSPS) is 10.6. The maximum atomic E-state index is 12.2. The SMILES string of the molecule is CCCC(=O)Oc1cc(Oc2ccccc2)c(OC(=O)CCC)c2ccccc12. The van der Waals surface area contributed by atoms with Crippen LogP contribution < -0.4 is 14.2 Å². The Morgan fingerprint density at radius 2 is 1.31 bits per heavy atom. The Hall–Kier alpha value is -3.34. The molecule has 3 aromatic carbocycles. The number of benzene rings is 3. The van der Waals surface area contributed by atoms with Gasteiger partial charge in [-0.3, -0.25) is 9.59 Å². The van der Waals surface area contributed by atoms with Gasteiger partial charge in [0, 0.05) is 29.7 Å². The monoisotopic (exact) mass is 392 g/mol. The maximum Gasteiger partial charge on any atom is 0.311 e. The molecule has 0 saturated heterocycles. The molecule has 0 radical (unpaired) electrons. The van der Waals surface area contributed by atoms with Crippen LogP contribution in [-0.4, -0.2) is 11.9 Å². The van der Waals surface area contributed by atoms with Gasteiger partial charge in [0.2, 0.25) is 0 Å². The molecule has 0 aromatic heterocycles. The minimum atomic E-state index is -0.341. The Kier molecular flexibility index (Phi) is 6.85. The third-order valence-corrected chi connectivity index (χ3v) is 4.24. The molecule has 5 nitrogen and oxygen atoms in total. The van der Waals surface area contributed by atoms with Crippen molar-refractivity contribution in [3.8, 4) is 23.0 Å². The first kappa shape index (κ1) is 20.4. The molecule has 3 rings (SSSR count). The van der Waals surface area contributed by atoms with Crippen molar-refractivity contribution >= 4 is 22.7 Å². The number of hydrogen-bond acceptors (Lipinski definition) is 5. The molecule has 3 aromatic rings. The second-order valence-electron chi connectivity index (χ2n) is 6.61. The minimum Gasteiger partial charge on any atom is -0.453 e. The van der Waals surface area contributed by atoms with Crippen molar-refractivity contribution in [1.29, 1.82) is 0 Å². The van der Waals surface area contributed by atoms with Crippen LogP contribution in [0.25, 0.3) is 10.8 Å². The van der Waals surface area contributed by atoms with E-state index in [0.29, 0.717) is 59.5 Å². The van der Waals surface area contributed by atoms with Gasteiger partial charge in [0.05, 0.1) is 0 Å². The van der Waals surface area contributed by atoms with Gasteiger partial charge in [-0.15, -0.1) is 0 Å². The second kappa shape index (κ2) is 9.73.